The summed E-state index contributed by atoms with van der Waals surface area (Å²) in [6, 6.07) is 44.1. The van der Waals surface area contributed by atoms with Crippen LogP contribution in [0.25, 0.3) is 45.2 Å². The molecule has 6 rings (SSSR count). The van der Waals surface area contributed by atoms with Crippen molar-refractivity contribution in [3.8, 4) is 45.2 Å². The summed E-state index contributed by atoms with van der Waals surface area (Å²) in [5.74, 6) is 0.959. The molecular weight excluding hydrogens is 520 g/mol. The van der Waals surface area contributed by atoms with E-state index in [9.17, 15) is 4.79 Å². The molecule has 0 unspecified atom stereocenters. The van der Waals surface area contributed by atoms with Gasteiger partial charge in [0.2, 0.25) is 5.89 Å². The van der Waals surface area contributed by atoms with E-state index in [2.05, 4.69) is 23.5 Å². The number of hydrogen-bond donors (Lipinski definition) is 1. The maximum Gasteiger partial charge on any atom is 0.325 e. The van der Waals surface area contributed by atoms with Crippen molar-refractivity contribution in [1.82, 2.24) is 4.98 Å². The highest BCUT2D eigenvalue weighted by Crippen LogP contribution is 2.39. The minimum absolute atomic E-state index is 0.0688. The van der Waals surface area contributed by atoms with E-state index in [0.717, 1.165) is 56.1 Å². The molecule has 0 atom stereocenters. The lowest BCUT2D eigenvalue weighted by molar-refractivity contribution is -0.142. The van der Waals surface area contributed by atoms with Gasteiger partial charge in [0.15, 0.2) is 5.76 Å². The van der Waals surface area contributed by atoms with Gasteiger partial charge in [0.05, 0.1) is 0 Å². The van der Waals surface area contributed by atoms with Crippen molar-refractivity contribution in [3.63, 3.8) is 0 Å². The second-order valence-electron chi connectivity index (χ2n) is 10.0. The van der Waals surface area contributed by atoms with Gasteiger partial charge in [-0.25, -0.2) is 4.98 Å². The molecule has 0 spiro atoms. The molecule has 5 nitrogen and oxygen atoms in total. The van der Waals surface area contributed by atoms with Crippen LogP contribution in [0.2, 0.25) is 0 Å². The molecule has 5 aromatic carbocycles. The smallest absolute Gasteiger partial charge is 0.325 e. The number of benzene rings is 5. The Morgan fingerprint density at radius 2 is 1.33 bits per heavy atom. The minimum atomic E-state index is -0.314. The third-order valence-electron chi connectivity index (χ3n) is 7.08. The number of carbonyl (C=O) groups excluding carboxylic acids is 1. The van der Waals surface area contributed by atoms with Gasteiger partial charge in [-0.3, -0.25) is 4.79 Å². The van der Waals surface area contributed by atoms with Crippen LogP contribution < -0.4 is 5.32 Å². The molecule has 0 aliphatic rings. The number of nitrogens with one attached hydrogen (secondary N) is 1. The number of aromatic nitrogens is 1. The summed E-state index contributed by atoms with van der Waals surface area (Å²) >= 11 is 0. The molecule has 0 aliphatic carbocycles. The van der Waals surface area contributed by atoms with Crippen molar-refractivity contribution < 1.29 is 13.9 Å². The normalized spacial score (nSPS) is 10.8. The van der Waals surface area contributed by atoms with Gasteiger partial charge in [0.1, 0.15) is 18.8 Å². The van der Waals surface area contributed by atoms with Gasteiger partial charge in [-0.15, -0.1) is 0 Å². The van der Waals surface area contributed by atoms with E-state index in [1.54, 1.807) is 0 Å². The van der Waals surface area contributed by atoms with E-state index in [4.69, 9.17) is 14.1 Å². The summed E-state index contributed by atoms with van der Waals surface area (Å²) in [5.41, 5.74) is 8.45. The zero-order valence-electron chi connectivity index (χ0n) is 23.3. The third-order valence-corrected chi connectivity index (χ3v) is 7.08. The monoisotopic (exact) mass is 550 g/mol. The SMILES string of the molecule is Cc1ccc(-c2ccccc2-c2nc(-c3ccccc3)c(-c3ccccc3)o2)cc1NCC(=O)OCc1ccccc1. The van der Waals surface area contributed by atoms with E-state index in [1.165, 1.54) is 0 Å². The maximum absolute atomic E-state index is 12.5. The summed E-state index contributed by atoms with van der Waals surface area (Å²) in [4.78, 5) is 17.5. The van der Waals surface area contributed by atoms with Gasteiger partial charge in [-0.05, 0) is 41.3 Å². The number of anilines is 1. The van der Waals surface area contributed by atoms with Crippen molar-refractivity contribution in [2.24, 2.45) is 0 Å². The lowest BCUT2D eigenvalue weighted by Crippen LogP contribution is -2.17. The molecule has 0 saturated heterocycles. The second kappa shape index (κ2) is 12.4. The van der Waals surface area contributed by atoms with Crippen molar-refractivity contribution in [2.45, 2.75) is 13.5 Å². The van der Waals surface area contributed by atoms with E-state index in [0.29, 0.717) is 5.89 Å². The Labute approximate surface area is 245 Å². The lowest BCUT2D eigenvalue weighted by atomic mass is 9.97. The average Bonchev–Trinajstić information content (AvgIpc) is 3.50. The number of rotatable bonds is 9. The van der Waals surface area contributed by atoms with E-state index >= 15 is 0 Å². The topological polar surface area (TPSA) is 64.4 Å². The maximum atomic E-state index is 12.5. The van der Waals surface area contributed by atoms with Crippen LogP contribution in [0.5, 0.6) is 0 Å². The van der Waals surface area contributed by atoms with Crippen LogP contribution in [0.15, 0.2) is 138 Å². The van der Waals surface area contributed by atoms with Crippen LogP contribution in [-0.2, 0) is 16.1 Å². The third kappa shape index (κ3) is 6.01. The molecule has 0 bridgehead atoms. The summed E-state index contributed by atoms with van der Waals surface area (Å²) in [6.07, 6.45) is 0. The number of ether oxygens (including phenoxy) is 1. The Bertz CT molecular complexity index is 1740. The fourth-order valence-corrected chi connectivity index (χ4v) is 4.87. The Balaban J connectivity index is 1.29. The van der Waals surface area contributed by atoms with Gasteiger partial charge < -0.3 is 14.5 Å². The molecular formula is C37H30N2O3. The van der Waals surface area contributed by atoms with Crippen LogP contribution in [-0.4, -0.2) is 17.5 Å². The average molecular weight is 551 g/mol. The zero-order valence-corrected chi connectivity index (χ0v) is 23.3. The van der Waals surface area contributed by atoms with Crippen molar-refractivity contribution in [2.75, 3.05) is 11.9 Å². The number of aryl methyl sites for hydroxylation is 1. The molecule has 6 aromatic rings. The summed E-state index contributed by atoms with van der Waals surface area (Å²) in [7, 11) is 0. The van der Waals surface area contributed by atoms with Crippen LogP contribution in [0.1, 0.15) is 11.1 Å². The first-order valence-corrected chi connectivity index (χ1v) is 13.9. The summed E-state index contributed by atoms with van der Waals surface area (Å²) in [5, 5.41) is 3.26. The standard InChI is InChI=1S/C37H30N2O3/c1-26-21-22-30(23-33(26)38-24-34(40)41-25-27-13-5-2-6-14-27)31-19-11-12-20-32(31)37-39-35(28-15-7-3-8-16-28)36(42-37)29-17-9-4-10-18-29/h2-23,38H,24-25H2,1H3. The molecule has 0 saturated carbocycles. The highest BCUT2D eigenvalue weighted by molar-refractivity contribution is 5.85. The number of nitrogens with zero attached hydrogens (tertiary/aromatic N) is 1. The number of oxazole rings is 1. The van der Waals surface area contributed by atoms with Crippen LogP contribution >= 0.6 is 0 Å². The highest BCUT2D eigenvalue weighted by Gasteiger charge is 2.20. The quantitative estimate of drug-likeness (QED) is 0.182. The fraction of sp³-hybridized carbons (Fsp3) is 0.0811. The van der Waals surface area contributed by atoms with E-state index < -0.39 is 0 Å². The largest absolute Gasteiger partial charge is 0.460 e. The number of esters is 1. The molecule has 1 aromatic heterocycles. The van der Waals surface area contributed by atoms with Gasteiger partial charge in [-0.1, -0.05) is 121 Å². The first kappa shape index (κ1) is 26.8. The molecule has 0 fully saturated rings. The number of carbonyl (C=O) groups is 1. The van der Waals surface area contributed by atoms with Gasteiger partial charge in [0.25, 0.3) is 0 Å². The molecule has 206 valence electrons. The summed E-state index contributed by atoms with van der Waals surface area (Å²) in [6.45, 7) is 2.33. The first-order chi connectivity index (χ1) is 20.7. The zero-order chi connectivity index (χ0) is 28.7. The van der Waals surface area contributed by atoms with E-state index in [1.807, 2.05) is 122 Å². The Hall–Kier alpha value is -5.42. The molecule has 0 amide bonds. The Kier molecular flexibility index (Phi) is 7.91. The Morgan fingerprint density at radius 1 is 0.714 bits per heavy atom. The van der Waals surface area contributed by atoms with Crippen molar-refractivity contribution >= 4 is 11.7 Å². The highest BCUT2D eigenvalue weighted by atomic mass is 16.5. The summed E-state index contributed by atoms with van der Waals surface area (Å²) < 4.78 is 12.0. The van der Waals surface area contributed by atoms with Gasteiger partial charge in [-0.2, -0.15) is 0 Å². The van der Waals surface area contributed by atoms with Crippen LogP contribution in [0.4, 0.5) is 5.69 Å². The van der Waals surface area contributed by atoms with Gasteiger partial charge >= 0.3 is 5.97 Å². The molecule has 5 heteroatoms. The molecule has 0 radical (unpaired) electrons. The Morgan fingerprint density at radius 3 is 2.05 bits per heavy atom. The lowest BCUT2D eigenvalue weighted by Gasteiger charge is -2.13. The van der Waals surface area contributed by atoms with Gasteiger partial charge in [0, 0.05) is 22.4 Å². The molecule has 0 aliphatic heterocycles. The number of hydrogen-bond acceptors (Lipinski definition) is 5. The second-order valence-corrected chi connectivity index (χ2v) is 10.0. The van der Waals surface area contributed by atoms with Crippen molar-refractivity contribution in [3.05, 3.63) is 145 Å². The molecule has 1 heterocycles. The molecule has 42 heavy (non-hydrogen) atoms. The molecule has 1 N–H and O–H groups in total. The van der Waals surface area contributed by atoms with Crippen LogP contribution in [0.3, 0.4) is 0 Å². The first-order valence-electron chi connectivity index (χ1n) is 13.9. The van der Waals surface area contributed by atoms with Crippen molar-refractivity contribution in [1.29, 1.82) is 0 Å². The predicted molar refractivity (Wildman–Crippen MR) is 168 cm³/mol. The predicted octanol–water partition coefficient (Wildman–Crippen LogP) is 8.81. The minimum Gasteiger partial charge on any atom is -0.460 e. The fourth-order valence-electron chi connectivity index (χ4n) is 4.87. The van der Waals surface area contributed by atoms with E-state index in [-0.39, 0.29) is 19.1 Å². The van der Waals surface area contributed by atoms with Crippen LogP contribution in [0, 0.1) is 6.92 Å².